The number of anilines is 3. The van der Waals surface area contributed by atoms with E-state index in [2.05, 4.69) is 25.7 Å². The number of nitrogens with one attached hydrogen (secondary N) is 2. The first-order valence-electron chi connectivity index (χ1n) is 8.25. The van der Waals surface area contributed by atoms with E-state index in [0.29, 0.717) is 11.1 Å². The van der Waals surface area contributed by atoms with Crippen LogP contribution in [-0.2, 0) is 12.7 Å². The first kappa shape index (κ1) is 17.1. The van der Waals surface area contributed by atoms with Crippen LogP contribution in [0.25, 0.3) is 10.9 Å². The summed E-state index contributed by atoms with van der Waals surface area (Å²) in [6, 6.07) is 7.35. The molecule has 1 aliphatic rings. The molecule has 3 aromatic rings. The zero-order valence-electron chi connectivity index (χ0n) is 14.0. The number of nitrogens with zero attached hydrogens (tertiary/aromatic N) is 5. The summed E-state index contributed by atoms with van der Waals surface area (Å²) in [6.07, 6.45) is -0.529. The van der Waals surface area contributed by atoms with E-state index in [0.717, 1.165) is 24.6 Å². The highest BCUT2D eigenvalue weighted by atomic mass is 19.4. The third kappa shape index (κ3) is 3.48. The molecule has 0 unspecified atom stereocenters. The monoisotopic (exact) mass is 373 g/mol. The van der Waals surface area contributed by atoms with E-state index in [1.165, 1.54) is 4.68 Å². The van der Waals surface area contributed by atoms with Gasteiger partial charge < -0.3 is 10.6 Å². The van der Waals surface area contributed by atoms with Crippen LogP contribution in [0.3, 0.4) is 0 Å². The molecule has 0 aliphatic heterocycles. The van der Waals surface area contributed by atoms with Crippen LogP contribution in [-0.4, -0.2) is 25.8 Å². The molecule has 2 aromatic heterocycles. The molecule has 4 rings (SSSR count). The summed E-state index contributed by atoms with van der Waals surface area (Å²) in [5.41, 5.74) is 0.429. The van der Waals surface area contributed by atoms with Gasteiger partial charge in [0.05, 0.1) is 23.5 Å². The third-order valence-corrected chi connectivity index (χ3v) is 4.17. The predicted molar refractivity (Wildman–Crippen MR) is 92.3 cm³/mol. The molecule has 2 heterocycles. The van der Waals surface area contributed by atoms with E-state index in [4.69, 9.17) is 5.26 Å². The summed E-state index contributed by atoms with van der Waals surface area (Å²) in [6.45, 7) is 0.0964. The van der Waals surface area contributed by atoms with Gasteiger partial charge in [-0.25, -0.2) is 4.98 Å². The summed E-state index contributed by atoms with van der Waals surface area (Å²) in [7, 11) is 0. The first-order chi connectivity index (χ1) is 13.0. The molecule has 0 spiro atoms. The van der Waals surface area contributed by atoms with Gasteiger partial charge in [0.1, 0.15) is 17.9 Å². The Morgan fingerprint density at radius 3 is 2.78 bits per heavy atom. The highest BCUT2D eigenvalue weighted by molar-refractivity contribution is 5.92. The first-order valence-corrected chi connectivity index (χ1v) is 8.25. The quantitative estimate of drug-likeness (QED) is 0.709. The third-order valence-electron chi connectivity index (χ3n) is 4.17. The molecule has 0 bridgehead atoms. The Bertz CT molecular complexity index is 1030. The van der Waals surface area contributed by atoms with Crippen LogP contribution < -0.4 is 10.6 Å². The number of hydrogen-bond acceptors (Lipinski definition) is 6. The van der Waals surface area contributed by atoms with Crippen molar-refractivity contribution in [1.29, 1.82) is 5.26 Å². The number of rotatable bonds is 5. The van der Waals surface area contributed by atoms with E-state index in [1.807, 2.05) is 6.07 Å². The van der Waals surface area contributed by atoms with Gasteiger partial charge in [0.25, 0.3) is 0 Å². The SMILES string of the molecule is N#CCn1ncc2c(Nc3ncc(C(F)(F)F)c(NC4CC4)n3)cccc21. The molecule has 1 fully saturated rings. The van der Waals surface area contributed by atoms with E-state index < -0.39 is 11.7 Å². The summed E-state index contributed by atoms with van der Waals surface area (Å²) >= 11 is 0. The Morgan fingerprint density at radius 2 is 2.07 bits per heavy atom. The van der Waals surface area contributed by atoms with Crippen LogP contribution in [0.15, 0.2) is 30.6 Å². The molecule has 1 saturated carbocycles. The number of nitriles is 1. The second kappa shape index (κ2) is 6.42. The van der Waals surface area contributed by atoms with Crippen molar-refractivity contribution in [3.8, 4) is 6.07 Å². The van der Waals surface area contributed by atoms with Gasteiger partial charge in [0.2, 0.25) is 5.95 Å². The number of benzene rings is 1. The Morgan fingerprint density at radius 1 is 1.26 bits per heavy atom. The minimum absolute atomic E-state index is 0.0153. The molecule has 2 N–H and O–H groups in total. The van der Waals surface area contributed by atoms with E-state index in [-0.39, 0.29) is 24.4 Å². The lowest BCUT2D eigenvalue weighted by atomic mass is 10.2. The molecule has 7 nitrogen and oxygen atoms in total. The fourth-order valence-corrected chi connectivity index (χ4v) is 2.71. The van der Waals surface area contributed by atoms with E-state index >= 15 is 0 Å². The molecule has 1 aliphatic carbocycles. The number of aromatic nitrogens is 4. The van der Waals surface area contributed by atoms with Gasteiger partial charge in [-0.05, 0) is 25.0 Å². The van der Waals surface area contributed by atoms with Crippen molar-refractivity contribution in [2.45, 2.75) is 31.6 Å². The fraction of sp³-hybridized carbons (Fsp3) is 0.294. The van der Waals surface area contributed by atoms with Crippen molar-refractivity contribution in [1.82, 2.24) is 19.7 Å². The molecular formula is C17H14F3N7. The second-order valence-electron chi connectivity index (χ2n) is 6.20. The van der Waals surface area contributed by atoms with Crippen LogP contribution in [0.2, 0.25) is 0 Å². The Labute approximate surface area is 151 Å². The van der Waals surface area contributed by atoms with Gasteiger partial charge in [-0.1, -0.05) is 6.07 Å². The van der Waals surface area contributed by atoms with Crippen LogP contribution in [0.4, 0.5) is 30.6 Å². The zero-order valence-corrected chi connectivity index (χ0v) is 14.0. The standard InChI is InChI=1S/C17H14F3N7/c18-17(19,20)12-9-22-16(26-15(12)24-10-4-5-10)25-13-2-1-3-14-11(13)8-23-27(14)7-6-21/h1-3,8-10H,4-5,7H2,(H2,22,24,25,26). The molecule has 0 amide bonds. The highest BCUT2D eigenvalue weighted by Crippen LogP contribution is 2.36. The Balaban J connectivity index is 1.68. The smallest absolute Gasteiger partial charge is 0.367 e. The van der Waals surface area contributed by atoms with E-state index in [1.54, 1.807) is 24.4 Å². The van der Waals surface area contributed by atoms with Crippen molar-refractivity contribution >= 4 is 28.4 Å². The Kier molecular flexibility index (Phi) is 4.07. The summed E-state index contributed by atoms with van der Waals surface area (Å²) < 4.78 is 41.1. The minimum Gasteiger partial charge on any atom is -0.367 e. The largest absolute Gasteiger partial charge is 0.421 e. The predicted octanol–water partition coefficient (Wildman–Crippen LogP) is 3.69. The normalized spacial score (nSPS) is 14.1. The maximum Gasteiger partial charge on any atom is 0.421 e. The maximum absolute atomic E-state index is 13.2. The van der Waals surface area contributed by atoms with E-state index in [9.17, 15) is 13.2 Å². The maximum atomic E-state index is 13.2. The lowest BCUT2D eigenvalue weighted by Gasteiger charge is -2.14. The van der Waals surface area contributed by atoms with Gasteiger partial charge in [-0.3, -0.25) is 4.68 Å². The van der Waals surface area contributed by atoms with Gasteiger partial charge in [0.15, 0.2) is 0 Å². The van der Waals surface area contributed by atoms with Gasteiger partial charge in [0, 0.05) is 17.6 Å². The molecule has 10 heteroatoms. The van der Waals surface area contributed by atoms with Crippen molar-refractivity contribution in [3.63, 3.8) is 0 Å². The highest BCUT2D eigenvalue weighted by Gasteiger charge is 2.36. The summed E-state index contributed by atoms with van der Waals surface area (Å²) in [5.74, 6) is -0.179. The van der Waals surface area contributed by atoms with Crippen molar-refractivity contribution in [2.75, 3.05) is 10.6 Å². The van der Waals surface area contributed by atoms with Crippen molar-refractivity contribution < 1.29 is 13.2 Å². The zero-order chi connectivity index (χ0) is 19.0. The lowest BCUT2D eigenvalue weighted by molar-refractivity contribution is -0.137. The lowest BCUT2D eigenvalue weighted by Crippen LogP contribution is -2.15. The van der Waals surface area contributed by atoms with Crippen molar-refractivity contribution in [3.05, 3.63) is 36.2 Å². The average molecular weight is 373 g/mol. The number of halogens is 3. The van der Waals surface area contributed by atoms with Gasteiger partial charge in [-0.2, -0.15) is 28.5 Å². The second-order valence-corrected chi connectivity index (χ2v) is 6.20. The number of alkyl halides is 3. The topological polar surface area (TPSA) is 91.5 Å². The number of hydrogen-bond donors (Lipinski definition) is 2. The fourth-order valence-electron chi connectivity index (χ4n) is 2.71. The molecular weight excluding hydrogens is 359 g/mol. The summed E-state index contributed by atoms with van der Waals surface area (Å²) in [5, 5.41) is 19.5. The minimum atomic E-state index is -4.53. The van der Waals surface area contributed by atoms with Crippen LogP contribution in [0.5, 0.6) is 0 Å². The molecule has 0 radical (unpaired) electrons. The molecule has 1 aromatic carbocycles. The van der Waals surface area contributed by atoms with Crippen molar-refractivity contribution in [2.24, 2.45) is 0 Å². The van der Waals surface area contributed by atoms with Crippen LogP contribution >= 0.6 is 0 Å². The van der Waals surface area contributed by atoms with Gasteiger partial charge >= 0.3 is 6.18 Å². The summed E-state index contributed by atoms with van der Waals surface area (Å²) in [4.78, 5) is 7.85. The molecule has 138 valence electrons. The van der Waals surface area contributed by atoms with Gasteiger partial charge in [-0.15, -0.1) is 0 Å². The van der Waals surface area contributed by atoms with Crippen LogP contribution in [0, 0.1) is 11.3 Å². The molecule has 0 saturated heterocycles. The number of fused-ring (bicyclic) bond motifs is 1. The van der Waals surface area contributed by atoms with Crippen LogP contribution in [0.1, 0.15) is 18.4 Å². The Hall–Kier alpha value is -3.35. The molecule has 0 atom stereocenters. The average Bonchev–Trinajstić information content (AvgIpc) is 3.33. The molecule has 27 heavy (non-hydrogen) atoms.